The minimum Gasteiger partial charge on any atom is -0.436 e. The largest absolute Gasteiger partial charge is 0.436 e. The number of ether oxygens (including phenoxy) is 1. The maximum Gasteiger partial charge on any atom is 0.417 e. The molecule has 0 saturated carbocycles. The van der Waals surface area contributed by atoms with Crippen LogP contribution in [0.4, 0.5) is 18.9 Å². The summed E-state index contributed by atoms with van der Waals surface area (Å²) in [5.41, 5.74) is -0.374. The summed E-state index contributed by atoms with van der Waals surface area (Å²) in [6.45, 7) is 0.228. The molecule has 2 N–H and O–H groups in total. The molecular formula is C15H12Cl3F3N2O2. The minimum absolute atomic E-state index is 0.0833. The zero-order valence-electron chi connectivity index (χ0n) is 12.4. The lowest BCUT2D eigenvalue weighted by atomic mass is 10.2. The number of alkyl halides is 4. The summed E-state index contributed by atoms with van der Waals surface area (Å²) < 4.78 is 43.2. The molecule has 1 aromatic heterocycles. The number of halogens is 6. The third-order valence-corrected chi connectivity index (χ3v) is 3.92. The van der Waals surface area contributed by atoms with Crippen LogP contribution in [0.15, 0.2) is 30.5 Å². The first-order chi connectivity index (χ1) is 11.7. The summed E-state index contributed by atoms with van der Waals surface area (Å²) >= 11 is 17.4. The van der Waals surface area contributed by atoms with Gasteiger partial charge in [0.05, 0.1) is 22.6 Å². The Morgan fingerprint density at radius 3 is 2.48 bits per heavy atom. The SMILES string of the molecule is OC(CCl)CNc1ccc(Oc2ncc(C(F)(F)F)cc2Cl)c(Cl)c1. The van der Waals surface area contributed by atoms with Crippen molar-refractivity contribution >= 4 is 40.5 Å². The molecule has 0 aliphatic carbocycles. The predicted octanol–water partition coefficient (Wildman–Crippen LogP) is 5.21. The van der Waals surface area contributed by atoms with Crippen LogP contribution in [0.5, 0.6) is 11.6 Å². The highest BCUT2D eigenvalue weighted by Gasteiger charge is 2.31. The van der Waals surface area contributed by atoms with Crippen molar-refractivity contribution in [1.82, 2.24) is 4.98 Å². The number of nitrogens with one attached hydrogen (secondary N) is 1. The number of benzene rings is 1. The Kier molecular flexibility index (Phi) is 6.62. The second-order valence-corrected chi connectivity index (χ2v) is 6.07. The van der Waals surface area contributed by atoms with Crippen LogP contribution in [-0.2, 0) is 6.18 Å². The minimum atomic E-state index is -4.55. The summed E-state index contributed by atoms with van der Waals surface area (Å²) in [6, 6.07) is 5.35. The number of aromatic nitrogens is 1. The number of pyridine rings is 1. The molecule has 0 saturated heterocycles. The summed E-state index contributed by atoms with van der Waals surface area (Å²) in [7, 11) is 0. The predicted molar refractivity (Wildman–Crippen MR) is 91.0 cm³/mol. The van der Waals surface area contributed by atoms with E-state index < -0.39 is 17.8 Å². The highest BCUT2D eigenvalue weighted by Crippen LogP contribution is 2.37. The first kappa shape index (κ1) is 19.9. The molecule has 25 heavy (non-hydrogen) atoms. The van der Waals surface area contributed by atoms with E-state index in [4.69, 9.17) is 39.5 Å². The molecule has 4 nitrogen and oxygen atoms in total. The van der Waals surface area contributed by atoms with E-state index in [1.54, 1.807) is 6.07 Å². The van der Waals surface area contributed by atoms with Gasteiger partial charge in [-0.15, -0.1) is 11.6 Å². The van der Waals surface area contributed by atoms with Crippen LogP contribution in [0.25, 0.3) is 0 Å². The van der Waals surface area contributed by atoms with Gasteiger partial charge in [0.25, 0.3) is 0 Å². The Hall–Kier alpha value is -1.41. The first-order valence-corrected chi connectivity index (χ1v) is 8.17. The molecule has 1 unspecified atom stereocenters. The summed E-state index contributed by atoms with van der Waals surface area (Å²) in [5, 5.41) is 12.2. The number of nitrogens with zero attached hydrogens (tertiary/aromatic N) is 1. The molecule has 0 amide bonds. The molecule has 0 fully saturated rings. The fraction of sp³-hybridized carbons (Fsp3) is 0.267. The second-order valence-electron chi connectivity index (χ2n) is 4.95. The second kappa shape index (κ2) is 8.31. The number of hydrogen-bond donors (Lipinski definition) is 2. The van der Waals surface area contributed by atoms with Gasteiger partial charge in [0, 0.05) is 18.4 Å². The van der Waals surface area contributed by atoms with Gasteiger partial charge >= 0.3 is 6.18 Å². The molecule has 136 valence electrons. The summed E-state index contributed by atoms with van der Waals surface area (Å²) in [4.78, 5) is 3.58. The van der Waals surface area contributed by atoms with Crippen molar-refractivity contribution in [2.75, 3.05) is 17.7 Å². The number of anilines is 1. The first-order valence-electron chi connectivity index (χ1n) is 6.88. The van der Waals surface area contributed by atoms with Crippen molar-refractivity contribution in [3.05, 3.63) is 46.1 Å². The van der Waals surface area contributed by atoms with Gasteiger partial charge in [-0.2, -0.15) is 13.2 Å². The quantitative estimate of drug-likeness (QED) is 0.636. The Morgan fingerprint density at radius 1 is 1.20 bits per heavy atom. The summed E-state index contributed by atoms with van der Waals surface area (Å²) in [5.74, 6) is 0.0501. The van der Waals surface area contributed by atoms with Crippen LogP contribution in [0, 0.1) is 0 Å². The van der Waals surface area contributed by atoms with Crippen molar-refractivity contribution in [2.45, 2.75) is 12.3 Å². The van der Waals surface area contributed by atoms with E-state index in [9.17, 15) is 18.3 Å². The van der Waals surface area contributed by atoms with Gasteiger partial charge in [-0.3, -0.25) is 0 Å². The third-order valence-electron chi connectivity index (χ3n) is 2.99. The van der Waals surface area contributed by atoms with Gasteiger partial charge in [-0.05, 0) is 24.3 Å². The van der Waals surface area contributed by atoms with Gasteiger partial charge in [0.1, 0.15) is 10.8 Å². The van der Waals surface area contributed by atoms with Gasteiger partial charge in [-0.25, -0.2) is 4.98 Å². The highest BCUT2D eigenvalue weighted by molar-refractivity contribution is 6.33. The van der Waals surface area contributed by atoms with Crippen molar-refractivity contribution < 1.29 is 23.0 Å². The Morgan fingerprint density at radius 2 is 1.92 bits per heavy atom. The van der Waals surface area contributed by atoms with Gasteiger partial charge in [0.15, 0.2) is 0 Å². The standard InChI is InChI=1S/C15H12Cl3F3N2O2/c16-5-10(24)7-22-9-1-2-13(11(17)4-9)25-14-12(18)3-8(6-23-14)15(19,20)21/h1-4,6,10,22,24H,5,7H2. The Labute approximate surface area is 156 Å². The number of aliphatic hydroxyl groups is 1. The monoisotopic (exact) mass is 414 g/mol. The molecule has 0 aliphatic rings. The third kappa shape index (κ3) is 5.54. The molecule has 1 heterocycles. The van der Waals surface area contributed by atoms with Crippen molar-refractivity contribution in [3.63, 3.8) is 0 Å². The van der Waals surface area contributed by atoms with Crippen LogP contribution in [-0.4, -0.2) is 28.6 Å². The fourth-order valence-corrected chi connectivity index (χ4v) is 2.28. The van der Waals surface area contributed by atoms with E-state index in [0.29, 0.717) is 11.9 Å². The smallest absolute Gasteiger partial charge is 0.417 e. The highest BCUT2D eigenvalue weighted by atomic mass is 35.5. The Balaban J connectivity index is 2.13. The average Bonchev–Trinajstić information content (AvgIpc) is 2.55. The van der Waals surface area contributed by atoms with Gasteiger partial charge in [-0.1, -0.05) is 23.2 Å². The number of rotatable bonds is 6. The maximum absolute atomic E-state index is 12.6. The van der Waals surface area contributed by atoms with Crippen LogP contribution in [0.3, 0.4) is 0 Å². The zero-order valence-corrected chi connectivity index (χ0v) is 14.7. The lowest BCUT2D eigenvalue weighted by Crippen LogP contribution is -2.20. The van der Waals surface area contributed by atoms with Crippen molar-refractivity contribution in [2.24, 2.45) is 0 Å². The topological polar surface area (TPSA) is 54.4 Å². The van der Waals surface area contributed by atoms with Crippen LogP contribution in [0.1, 0.15) is 5.56 Å². The average molecular weight is 416 g/mol. The summed E-state index contributed by atoms with van der Waals surface area (Å²) in [6.07, 6.45) is -4.64. The van der Waals surface area contributed by atoms with E-state index in [1.807, 2.05) is 0 Å². The zero-order chi connectivity index (χ0) is 18.6. The number of hydrogen-bond acceptors (Lipinski definition) is 4. The maximum atomic E-state index is 12.6. The molecule has 0 aliphatic heterocycles. The molecule has 1 aromatic carbocycles. The lowest BCUT2D eigenvalue weighted by molar-refractivity contribution is -0.137. The molecule has 1 atom stereocenters. The van der Waals surface area contributed by atoms with Crippen molar-refractivity contribution in [3.8, 4) is 11.6 Å². The molecular weight excluding hydrogens is 404 g/mol. The van der Waals surface area contributed by atoms with E-state index in [1.165, 1.54) is 12.1 Å². The van der Waals surface area contributed by atoms with Crippen LogP contribution in [0.2, 0.25) is 10.0 Å². The molecule has 2 rings (SSSR count). The normalized spacial score (nSPS) is 12.8. The lowest BCUT2D eigenvalue weighted by Gasteiger charge is -2.13. The molecule has 0 spiro atoms. The van der Waals surface area contributed by atoms with E-state index in [2.05, 4.69) is 10.3 Å². The van der Waals surface area contributed by atoms with Crippen molar-refractivity contribution in [1.29, 1.82) is 0 Å². The molecule has 0 bridgehead atoms. The molecule has 2 aromatic rings. The van der Waals surface area contributed by atoms with Crippen LogP contribution < -0.4 is 10.1 Å². The van der Waals surface area contributed by atoms with Crippen LogP contribution >= 0.6 is 34.8 Å². The number of aliphatic hydroxyl groups excluding tert-OH is 1. The molecule has 0 radical (unpaired) electrons. The van der Waals surface area contributed by atoms with E-state index in [0.717, 1.165) is 6.07 Å². The van der Waals surface area contributed by atoms with E-state index in [-0.39, 0.29) is 34.1 Å². The Bertz CT molecular complexity index is 744. The van der Waals surface area contributed by atoms with E-state index >= 15 is 0 Å². The molecule has 10 heteroatoms. The van der Waals surface area contributed by atoms with Gasteiger partial charge < -0.3 is 15.2 Å². The van der Waals surface area contributed by atoms with Gasteiger partial charge in [0.2, 0.25) is 5.88 Å². The fourth-order valence-electron chi connectivity index (χ4n) is 1.74.